The highest BCUT2D eigenvalue weighted by atomic mass is 19.2. The van der Waals surface area contributed by atoms with Crippen LogP contribution >= 0.6 is 0 Å². The molecule has 1 aromatic carbocycles. The minimum Gasteiger partial charge on any atom is -0.368 e. The molecule has 0 radical (unpaired) electrons. The maximum atomic E-state index is 13.5. The Kier molecular flexibility index (Phi) is 4.69. The van der Waals surface area contributed by atoms with Crippen LogP contribution in [0.3, 0.4) is 0 Å². The van der Waals surface area contributed by atoms with Gasteiger partial charge in [-0.2, -0.15) is 0 Å². The van der Waals surface area contributed by atoms with Crippen molar-refractivity contribution in [1.29, 1.82) is 0 Å². The first kappa shape index (κ1) is 15.4. The molecule has 1 amide bonds. The molecule has 2 saturated heterocycles. The molecule has 3 atom stereocenters. The first-order chi connectivity index (χ1) is 10.6. The van der Waals surface area contributed by atoms with E-state index in [1.165, 1.54) is 6.07 Å². The first-order valence-electron chi connectivity index (χ1n) is 7.73. The van der Waals surface area contributed by atoms with Crippen molar-refractivity contribution >= 4 is 5.91 Å². The topological polar surface area (TPSA) is 50.4 Å². The molecule has 0 saturated carbocycles. The maximum absolute atomic E-state index is 13.5. The largest absolute Gasteiger partial charge is 0.368 e. The second-order valence-electron chi connectivity index (χ2n) is 5.89. The van der Waals surface area contributed by atoms with Gasteiger partial charge in [0.1, 0.15) is 6.10 Å². The van der Waals surface area contributed by atoms with Gasteiger partial charge < -0.3 is 15.4 Å². The van der Waals surface area contributed by atoms with Crippen LogP contribution in [0.4, 0.5) is 8.78 Å². The van der Waals surface area contributed by atoms with E-state index in [1.807, 2.05) is 0 Å². The molecule has 4 nitrogen and oxygen atoms in total. The predicted octanol–water partition coefficient (Wildman–Crippen LogP) is 1.71. The van der Waals surface area contributed by atoms with Crippen molar-refractivity contribution in [2.24, 2.45) is 0 Å². The van der Waals surface area contributed by atoms with Gasteiger partial charge in [-0.3, -0.25) is 4.79 Å². The van der Waals surface area contributed by atoms with Gasteiger partial charge >= 0.3 is 0 Å². The number of nitrogens with one attached hydrogen (secondary N) is 2. The smallest absolute Gasteiger partial charge is 0.249 e. The normalized spacial score (nSPS) is 28.5. The fourth-order valence-corrected chi connectivity index (χ4v) is 3.21. The van der Waals surface area contributed by atoms with E-state index in [0.717, 1.165) is 37.4 Å². The van der Waals surface area contributed by atoms with Gasteiger partial charge in [-0.15, -0.1) is 0 Å². The molecule has 120 valence electrons. The number of halogens is 2. The number of piperidine rings is 1. The standard InChI is InChI=1S/C16H20F2N2O2/c17-12-4-3-10(8-13(12)18)11-5-6-19-9-14(11)20-16(21)15-2-1-7-22-15/h3-4,8,11,14-15,19H,1-2,5-7,9H2,(H,20,21). The Labute approximate surface area is 128 Å². The summed E-state index contributed by atoms with van der Waals surface area (Å²) in [5.74, 6) is -1.83. The monoisotopic (exact) mass is 310 g/mol. The van der Waals surface area contributed by atoms with Crippen LogP contribution in [-0.4, -0.2) is 37.7 Å². The number of benzene rings is 1. The summed E-state index contributed by atoms with van der Waals surface area (Å²) in [4.78, 5) is 12.2. The summed E-state index contributed by atoms with van der Waals surface area (Å²) in [6.45, 7) is 2.02. The van der Waals surface area contributed by atoms with Crippen LogP contribution in [-0.2, 0) is 9.53 Å². The predicted molar refractivity (Wildman–Crippen MR) is 77.5 cm³/mol. The van der Waals surface area contributed by atoms with E-state index in [4.69, 9.17) is 4.74 Å². The van der Waals surface area contributed by atoms with Gasteiger partial charge in [-0.25, -0.2) is 8.78 Å². The summed E-state index contributed by atoms with van der Waals surface area (Å²) in [6.07, 6.45) is 2.02. The number of carbonyl (C=O) groups excluding carboxylic acids is 1. The third-order valence-corrected chi connectivity index (χ3v) is 4.40. The number of hydrogen-bond acceptors (Lipinski definition) is 3. The van der Waals surface area contributed by atoms with E-state index in [0.29, 0.717) is 13.2 Å². The third kappa shape index (κ3) is 3.28. The molecular formula is C16H20F2N2O2. The Morgan fingerprint density at radius 2 is 2.14 bits per heavy atom. The van der Waals surface area contributed by atoms with Crippen molar-refractivity contribution in [2.45, 2.75) is 37.3 Å². The molecule has 0 aromatic heterocycles. The molecular weight excluding hydrogens is 290 g/mol. The molecule has 2 heterocycles. The van der Waals surface area contributed by atoms with Crippen LogP contribution in [0, 0.1) is 11.6 Å². The average Bonchev–Trinajstić information content (AvgIpc) is 3.05. The van der Waals surface area contributed by atoms with Gasteiger partial charge in [0, 0.05) is 25.1 Å². The fourth-order valence-electron chi connectivity index (χ4n) is 3.21. The van der Waals surface area contributed by atoms with Crippen molar-refractivity contribution in [2.75, 3.05) is 19.7 Å². The first-order valence-corrected chi connectivity index (χ1v) is 7.73. The number of rotatable bonds is 3. The summed E-state index contributed by atoms with van der Waals surface area (Å²) in [7, 11) is 0. The molecule has 0 spiro atoms. The van der Waals surface area contributed by atoms with Crippen molar-refractivity contribution in [3.8, 4) is 0 Å². The maximum Gasteiger partial charge on any atom is 0.249 e. The lowest BCUT2D eigenvalue weighted by molar-refractivity contribution is -0.131. The van der Waals surface area contributed by atoms with Crippen LogP contribution in [0.15, 0.2) is 18.2 Å². The Morgan fingerprint density at radius 1 is 1.27 bits per heavy atom. The van der Waals surface area contributed by atoms with Crippen LogP contribution in [0.5, 0.6) is 0 Å². The van der Waals surface area contributed by atoms with Crippen molar-refractivity contribution in [3.63, 3.8) is 0 Å². The zero-order valence-electron chi connectivity index (χ0n) is 12.3. The van der Waals surface area contributed by atoms with Gasteiger partial charge in [-0.1, -0.05) is 6.07 Å². The lowest BCUT2D eigenvalue weighted by Crippen LogP contribution is -2.52. The molecule has 2 fully saturated rings. The number of ether oxygens (including phenoxy) is 1. The van der Waals surface area contributed by atoms with Crippen LogP contribution in [0.2, 0.25) is 0 Å². The Balaban J connectivity index is 1.72. The number of amides is 1. The fraction of sp³-hybridized carbons (Fsp3) is 0.562. The molecule has 6 heteroatoms. The second kappa shape index (κ2) is 6.71. The summed E-state index contributed by atoms with van der Waals surface area (Å²) >= 11 is 0. The lowest BCUT2D eigenvalue weighted by atomic mass is 9.86. The molecule has 0 aliphatic carbocycles. The SMILES string of the molecule is O=C(NC1CNCCC1c1ccc(F)c(F)c1)C1CCCO1. The molecule has 22 heavy (non-hydrogen) atoms. The minimum absolute atomic E-state index is 0.0262. The zero-order valence-corrected chi connectivity index (χ0v) is 12.3. The van der Waals surface area contributed by atoms with E-state index < -0.39 is 11.6 Å². The number of hydrogen-bond donors (Lipinski definition) is 2. The van der Waals surface area contributed by atoms with E-state index in [2.05, 4.69) is 10.6 Å². The molecule has 1 aromatic rings. The van der Waals surface area contributed by atoms with Crippen LogP contribution in [0.1, 0.15) is 30.7 Å². The van der Waals surface area contributed by atoms with Crippen molar-refractivity contribution in [3.05, 3.63) is 35.4 Å². The van der Waals surface area contributed by atoms with E-state index >= 15 is 0 Å². The molecule has 3 unspecified atom stereocenters. The van der Waals surface area contributed by atoms with Gasteiger partial charge in [0.25, 0.3) is 0 Å². The summed E-state index contributed by atoms with van der Waals surface area (Å²) < 4.78 is 32.0. The molecule has 2 aliphatic rings. The Bertz CT molecular complexity index is 547. The van der Waals surface area contributed by atoms with Gasteiger partial charge in [-0.05, 0) is 43.5 Å². The van der Waals surface area contributed by atoms with E-state index in [1.54, 1.807) is 6.07 Å². The lowest BCUT2D eigenvalue weighted by Gasteiger charge is -2.33. The molecule has 0 bridgehead atoms. The zero-order chi connectivity index (χ0) is 15.5. The van der Waals surface area contributed by atoms with Crippen molar-refractivity contribution in [1.82, 2.24) is 10.6 Å². The highest BCUT2D eigenvalue weighted by molar-refractivity contribution is 5.81. The highest BCUT2D eigenvalue weighted by Gasteiger charge is 2.31. The quantitative estimate of drug-likeness (QED) is 0.893. The molecule has 2 N–H and O–H groups in total. The van der Waals surface area contributed by atoms with Gasteiger partial charge in [0.05, 0.1) is 0 Å². The van der Waals surface area contributed by atoms with Crippen molar-refractivity contribution < 1.29 is 18.3 Å². The van der Waals surface area contributed by atoms with Crippen LogP contribution < -0.4 is 10.6 Å². The molecule has 3 rings (SSSR count). The van der Waals surface area contributed by atoms with Gasteiger partial charge in [0.15, 0.2) is 11.6 Å². The van der Waals surface area contributed by atoms with E-state index in [9.17, 15) is 13.6 Å². The summed E-state index contributed by atoms with van der Waals surface area (Å²) in [5.41, 5.74) is 0.720. The van der Waals surface area contributed by atoms with E-state index in [-0.39, 0.29) is 24.0 Å². The Morgan fingerprint density at radius 3 is 2.86 bits per heavy atom. The third-order valence-electron chi connectivity index (χ3n) is 4.40. The highest BCUT2D eigenvalue weighted by Crippen LogP contribution is 2.27. The summed E-state index contributed by atoms with van der Waals surface area (Å²) in [5, 5.41) is 6.23. The minimum atomic E-state index is -0.849. The number of carbonyl (C=O) groups is 1. The molecule has 2 aliphatic heterocycles. The Hall–Kier alpha value is -1.53. The van der Waals surface area contributed by atoms with Crippen LogP contribution in [0.25, 0.3) is 0 Å². The second-order valence-corrected chi connectivity index (χ2v) is 5.89. The average molecular weight is 310 g/mol. The van der Waals surface area contributed by atoms with Gasteiger partial charge in [0.2, 0.25) is 5.91 Å². The summed E-state index contributed by atoms with van der Waals surface area (Å²) in [6, 6.07) is 3.83.